The van der Waals surface area contributed by atoms with Crippen molar-refractivity contribution < 1.29 is 0 Å². The van der Waals surface area contributed by atoms with Gasteiger partial charge in [0.15, 0.2) is 0 Å². The summed E-state index contributed by atoms with van der Waals surface area (Å²) in [5, 5.41) is 7.77. The second-order valence-corrected chi connectivity index (χ2v) is 4.89. The van der Waals surface area contributed by atoms with E-state index in [0.29, 0.717) is 12.1 Å². The summed E-state index contributed by atoms with van der Waals surface area (Å²) < 4.78 is 1.98. The van der Waals surface area contributed by atoms with Crippen molar-refractivity contribution >= 4 is 11.8 Å². The van der Waals surface area contributed by atoms with Gasteiger partial charge < -0.3 is 5.32 Å². The van der Waals surface area contributed by atoms with Gasteiger partial charge in [0.2, 0.25) is 0 Å². The highest BCUT2D eigenvalue weighted by Crippen LogP contribution is 2.01. The lowest BCUT2D eigenvalue weighted by atomic mass is 10.2. The molecule has 1 aromatic heterocycles. The van der Waals surface area contributed by atoms with Crippen LogP contribution in [0.4, 0.5) is 0 Å². The van der Waals surface area contributed by atoms with Gasteiger partial charge in [0.05, 0.1) is 0 Å². The Morgan fingerprint density at radius 3 is 2.80 bits per heavy atom. The minimum Gasteiger partial charge on any atom is -0.311 e. The van der Waals surface area contributed by atoms with E-state index in [9.17, 15) is 0 Å². The van der Waals surface area contributed by atoms with Crippen molar-refractivity contribution in [3.05, 3.63) is 18.5 Å². The molecule has 0 aliphatic rings. The SMILES string of the molecule is CSCC(C)NC(C)CCn1cccn1. The molecule has 15 heavy (non-hydrogen) atoms. The van der Waals surface area contributed by atoms with Crippen LogP contribution in [0.2, 0.25) is 0 Å². The van der Waals surface area contributed by atoms with Gasteiger partial charge in [-0.25, -0.2) is 0 Å². The number of aromatic nitrogens is 2. The third-order valence-electron chi connectivity index (χ3n) is 2.34. The van der Waals surface area contributed by atoms with Crippen LogP contribution in [-0.2, 0) is 6.54 Å². The van der Waals surface area contributed by atoms with Crippen LogP contribution in [0.5, 0.6) is 0 Å². The van der Waals surface area contributed by atoms with Gasteiger partial charge in [0.1, 0.15) is 0 Å². The molecule has 1 rings (SSSR count). The Morgan fingerprint density at radius 2 is 2.20 bits per heavy atom. The van der Waals surface area contributed by atoms with Crippen LogP contribution >= 0.6 is 11.8 Å². The first-order valence-corrected chi connectivity index (χ1v) is 6.84. The van der Waals surface area contributed by atoms with E-state index >= 15 is 0 Å². The molecular weight excluding hydrogens is 206 g/mol. The van der Waals surface area contributed by atoms with Gasteiger partial charge >= 0.3 is 0 Å². The second kappa shape index (κ2) is 6.90. The zero-order chi connectivity index (χ0) is 11.1. The molecule has 0 bridgehead atoms. The molecule has 0 aliphatic carbocycles. The predicted octanol–water partition coefficient (Wildman–Crippen LogP) is 2.00. The number of hydrogen-bond acceptors (Lipinski definition) is 3. The highest BCUT2D eigenvalue weighted by Gasteiger charge is 2.06. The lowest BCUT2D eigenvalue weighted by Crippen LogP contribution is -2.36. The van der Waals surface area contributed by atoms with E-state index in [1.165, 1.54) is 5.75 Å². The Kier molecular flexibility index (Phi) is 5.79. The Bertz CT molecular complexity index is 248. The fourth-order valence-corrected chi connectivity index (χ4v) is 2.22. The molecule has 0 aliphatic heterocycles. The van der Waals surface area contributed by atoms with Crippen LogP contribution in [0.25, 0.3) is 0 Å². The van der Waals surface area contributed by atoms with Gasteiger partial charge in [0, 0.05) is 36.8 Å². The third-order valence-corrected chi connectivity index (χ3v) is 3.17. The van der Waals surface area contributed by atoms with Crippen LogP contribution in [0.3, 0.4) is 0 Å². The Balaban J connectivity index is 2.15. The second-order valence-electron chi connectivity index (χ2n) is 3.98. The molecule has 2 unspecified atom stereocenters. The average Bonchev–Trinajstić information content (AvgIpc) is 2.67. The lowest BCUT2D eigenvalue weighted by molar-refractivity contribution is 0.431. The first-order valence-electron chi connectivity index (χ1n) is 5.44. The summed E-state index contributed by atoms with van der Waals surface area (Å²) in [6, 6.07) is 3.11. The van der Waals surface area contributed by atoms with E-state index in [1.807, 2.05) is 34.9 Å². The summed E-state index contributed by atoms with van der Waals surface area (Å²) in [6.45, 7) is 5.47. The summed E-state index contributed by atoms with van der Waals surface area (Å²) in [6.07, 6.45) is 7.11. The van der Waals surface area contributed by atoms with Crippen molar-refractivity contribution in [3.63, 3.8) is 0 Å². The molecule has 0 amide bonds. The molecule has 1 N–H and O–H groups in total. The first-order chi connectivity index (χ1) is 7.22. The lowest BCUT2D eigenvalue weighted by Gasteiger charge is -2.19. The van der Waals surface area contributed by atoms with Crippen LogP contribution in [0.1, 0.15) is 20.3 Å². The quantitative estimate of drug-likeness (QED) is 0.773. The number of nitrogens with one attached hydrogen (secondary N) is 1. The minimum absolute atomic E-state index is 0.552. The van der Waals surface area contributed by atoms with Crippen molar-refractivity contribution in [1.82, 2.24) is 15.1 Å². The molecule has 0 aromatic carbocycles. The maximum absolute atomic E-state index is 4.19. The normalized spacial score (nSPS) is 15.1. The molecule has 0 saturated heterocycles. The molecule has 3 nitrogen and oxygen atoms in total. The van der Waals surface area contributed by atoms with Crippen molar-refractivity contribution in [2.45, 2.75) is 38.9 Å². The van der Waals surface area contributed by atoms with Crippen LogP contribution in [0.15, 0.2) is 18.5 Å². The smallest absolute Gasteiger partial charge is 0.0489 e. The van der Waals surface area contributed by atoms with Gasteiger partial charge in [0.25, 0.3) is 0 Å². The zero-order valence-corrected chi connectivity index (χ0v) is 10.6. The van der Waals surface area contributed by atoms with E-state index in [-0.39, 0.29) is 0 Å². The molecular formula is C11H21N3S. The van der Waals surface area contributed by atoms with E-state index in [0.717, 1.165) is 13.0 Å². The number of aryl methyl sites for hydroxylation is 1. The van der Waals surface area contributed by atoms with Crippen LogP contribution in [-0.4, -0.2) is 33.9 Å². The summed E-state index contributed by atoms with van der Waals surface area (Å²) in [5.74, 6) is 1.17. The van der Waals surface area contributed by atoms with Crippen LogP contribution in [0, 0.1) is 0 Å². The van der Waals surface area contributed by atoms with E-state index in [4.69, 9.17) is 0 Å². The topological polar surface area (TPSA) is 29.9 Å². The summed E-state index contributed by atoms with van der Waals surface area (Å²) >= 11 is 1.89. The average molecular weight is 227 g/mol. The molecule has 0 fully saturated rings. The largest absolute Gasteiger partial charge is 0.311 e. The fourth-order valence-electron chi connectivity index (χ4n) is 1.63. The summed E-state index contributed by atoms with van der Waals surface area (Å²) in [5.41, 5.74) is 0. The molecule has 4 heteroatoms. The van der Waals surface area contributed by atoms with Gasteiger partial charge in [-0.05, 0) is 32.6 Å². The first kappa shape index (κ1) is 12.6. The fraction of sp³-hybridized carbons (Fsp3) is 0.727. The van der Waals surface area contributed by atoms with Crippen LogP contribution < -0.4 is 5.32 Å². The van der Waals surface area contributed by atoms with Gasteiger partial charge in [-0.1, -0.05) is 0 Å². The molecule has 86 valence electrons. The monoisotopic (exact) mass is 227 g/mol. The molecule has 0 spiro atoms. The molecule has 2 atom stereocenters. The van der Waals surface area contributed by atoms with E-state index in [2.05, 4.69) is 30.5 Å². The van der Waals surface area contributed by atoms with Crippen molar-refractivity contribution in [2.24, 2.45) is 0 Å². The van der Waals surface area contributed by atoms with E-state index < -0.39 is 0 Å². The van der Waals surface area contributed by atoms with Gasteiger partial charge in [-0.3, -0.25) is 4.68 Å². The van der Waals surface area contributed by atoms with Gasteiger partial charge in [-0.2, -0.15) is 16.9 Å². The van der Waals surface area contributed by atoms with Gasteiger partial charge in [-0.15, -0.1) is 0 Å². The summed E-state index contributed by atoms with van der Waals surface area (Å²) in [7, 11) is 0. The Labute approximate surface area is 96.6 Å². The number of thioether (sulfide) groups is 1. The molecule has 1 heterocycles. The van der Waals surface area contributed by atoms with E-state index in [1.54, 1.807) is 0 Å². The third kappa shape index (κ3) is 5.23. The summed E-state index contributed by atoms with van der Waals surface area (Å²) in [4.78, 5) is 0. The zero-order valence-electron chi connectivity index (χ0n) is 9.81. The number of rotatable bonds is 7. The standard InChI is InChI=1S/C11H21N3S/c1-10(13-11(2)9-15-3)5-8-14-7-4-6-12-14/h4,6-7,10-11,13H,5,8-9H2,1-3H3. The molecule has 1 aromatic rings. The maximum atomic E-state index is 4.19. The molecule has 0 saturated carbocycles. The number of hydrogen-bond donors (Lipinski definition) is 1. The van der Waals surface area contributed by atoms with Crippen molar-refractivity contribution in [3.8, 4) is 0 Å². The van der Waals surface area contributed by atoms with Crippen molar-refractivity contribution in [2.75, 3.05) is 12.0 Å². The minimum atomic E-state index is 0.552. The maximum Gasteiger partial charge on any atom is 0.0489 e. The van der Waals surface area contributed by atoms with Crippen molar-refractivity contribution in [1.29, 1.82) is 0 Å². The molecule has 0 radical (unpaired) electrons. The number of nitrogens with zero attached hydrogens (tertiary/aromatic N) is 2. The highest BCUT2D eigenvalue weighted by atomic mass is 32.2. The highest BCUT2D eigenvalue weighted by molar-refractivity contribution is 7.98. The Morgan fingerprint density at radius 1 is 1.40 bits per heavy atom. The Hall–Kier alpha value is -0.480. The predicted molar refractivity (Wildman–Crippen MR) is 67.3 cm³/mol.